The summed E-state index contributed by atoms with van der Waals surface area (Å²) < 4.78 is 5.74. The van der Waals surface area contributed by atoms with Crippen molar-refractivity contribution in [3.05, 3.63) is 71.3 Å². The zero-order valence-electron chi connectivity index (χ0n) is 14.4. The van der Waals surface area contributed by atoms with Crippen LogP contribution in [0.5, 0.6) is 5.75 Å². The molecule has 1 fully saturated rings. The topological polar surface area (TPSA) is 58.6 Å². The van der Waals surface area contributed by atoms with E-state index < -0.39 is 0 Å². The highest BCUT2D eigenvalue weighted by molar-refractivity contribution is 5.99. The lowest BCUT2D eigenvalue weighted by Crippen LogP contribution is -2.38. The first-order chi connectivity index (χ1) is 12.7. The second kappa shape index (κ2) is 7.04. The van der Waals surface area contributed by atoms with Crippen molar-refractivity contribution >= 4 is 17.9 Å². The van der Waals surface area contributed by atoms with Gasteiger partial charge in [0, 0.05) is 18.7 Å². The number of ether oxygens (including phenoxy) is 1. The highest BCUT2D eigenvalue weighted by atomic mass is 16.5. The highest BCUT2D eigenvalue weighted by Crippen LogP contribution is 2.30. The molecule has 0 spiro atoms. The Balaban J connectivity index is 1.66. The molecule has 132 valence electrons. The van der Waals surface area contributed by atoms with E-state index in [1.54, 1.807) is 4.90 Å². The summed E-state index contributed by atoms with van der Waals surface area (Å²) in [4.78, 5) is 27.1. The Morgan fingerprint density at radius 1 is 1.08 bits per heavy atom. The maximum atomic E-state index is 13.2. The molecule has 2 aliphatic heterocycles. The molecule has 1 N–H and O–H groups in total. The van der Waals surface area contributed by atoms with E-state index in [2.05, 4.69) is 5.32 Å². The minimum absolute atomic E-state index is 0.0339. The van der Waals surface area contributed by atoms with E-state index in [9.17, 15) is 9.59 Å². The van der Waals surface area contributed by atoms with E-state index >= 15 is 0 Å². The van der Waals surface area contributed by atoms with Gasteiger partial charge in [0.1, 0.15) is 12.4 Å². The number of carbonyl (C=O) groups excluding carboxylic acids is 2. The molecule has 26 heavy (non-hydrogen) atoms. The molecule has 0 unspecified atom stereocenters. The van der Waals surface area contributed by atoms with Crippen molar-refractivity contribution in [1.29, 1.82) is 0 Å². The van der Waals surface area contributed by atoms with Gasteiger partial charge in [-0.05, 0) is 17.7 Å². The molecule has 5 nitrogen and oxygen atoms in total. The van der Waals surface area contributed by atoms with Gasteiger partial charge in [-0.15, -0.1) is 0 Å². The van der Waals surface area contributed by atoms with E-state index in [-0.39, 0.29) is 30.9 Å². The first-order valence-electron chi connectivity index (χ1n) is 8.77. The maximum Gasteiger partial charge on any atom is 0.253 e. The fourth-order valence-electron chi connectivity index (χ4n) is 3.47. The molecule has 2 aromatic carbocycles. The Hall–Kier alpha value is -3.08. The summed E-state index contributed by atoms with van der Waals surface area (Å²) in [6, 6.07) is 17.1. The normalized spacial score (nSPS) is 19.5. The SMILES string of the molecule is O=C1C[C@@H](c2ccccc2)N(C(=O)C2=Cc3ccccc3OC2)CCN1. The quantitative estimate of drug-likeness (QED) is 0.907. The van der Waals surface area contributed by atoms with Crippen molar-refractivity contribution in [1.82, 2.24) is 10.2 Å². The van der Waals surface area contributed by atoms with Crippen molar-refractivity contribution in [2.75, 3.05) is 19.7 Å². The van der Waals surface area contributed by atoms with Crippen molar-refractivity contribution in [3.8, 4) is 5.75 Å². The zero-order chi connectivity index (χ0) is 17.9. The molecule has 4 rings (SSSR count). The Bertz CT molecular complexity index is 861. The van der Waals surface area contributed by atoms with Gasteiger partial charge in [-0.2, -0.15) is 0 Å². The zero-order valence-corrected chi connectivity index (χ0v) is 14.4. The van der Waals surface area contributed by atoms with Crippen LogP contribution in [0, 0.1) is 0 Å². The van der Waals surface area contributed by atoms with E-state index in [4.69, 9.17) is 4.74 Å². The van der Waals surface area contributed by atoms with Gasteiger partial charge in [0.2, 0.25) is 5.91 Å². The Labute approximate surface area is 152 Å². The fraction of sp³-hybridized carbons (Fsp3) is 0.238. The standard InChI is InChI=1S/C21H20N2O3/c24-20-13-18(15-6-2-1-3-7-15)23(11-10-22-20)21(25)17-12-16-8-4-5-9-19(16)26-14-17/h1-9,12,18H,10-11,13-14H2,(H,22,24)/t18-/m0/s1. The lowest BCUT2D eigenvalue weighted by molar-refractivity contribution is -0.130. The molecule has 0 radical (unpaired) electrons. The van der Waals surface area contributed by atoms with Gasteiger partial charge in [-0.25, -0.2) is 0 Å². The first kappa shape index (κ1) is 16.4. The predicted molar refractivity (Wildman–Crippen MR) is 98.4 cm³/mol. The first-order valence-corrected chi connectivity index (χ1v) is 8.77. The van der Waals surface area contributed by atoms with Crippen LogP contribution in [0.4, 0.5) is 0 Å². The van der Waals surface area contributed by atoms with Gasteiger partial charge in [-0.1, -0.05) is 48.5 Å². The molecule has 1 atom stereocenters. The third kappa shape index (κ3) is 3.20. The number of hydrogen-bond acceptors (Lipinski definition) is 3. The van der Waals surface area contributed by atoms with Crippen LogP contribution in [-0.4, -0.2) is 36.4 Å². The number of hydrogen-bond donors (Lipinski definition) is 1. The van der Waals surface area contributed by atoms with Crippen molar-refractivity contribution < 1.29 is 14.3 Å². The molecule has 5 heteroatoms. The van der Waals surface area contributed by atoms with Crippen LogP contribution < -0.4 is 10.1 Å². The summed E-state index contributed by atoms with van der Waals surface area (Å²) in [5.74, 6) is 0.676. The number of nitrogens with one attached hydrogen (secondary N) is 1. The lowest BCUT2D eigenvalue weighted by atomic mass is 10.00. The second-order valence-corrected chi connectivity index (χ2v) is 6.48. The van der Waals surface area contributed by atoms with Crippen molar-refractivity contribution in [2.24, 2.45) is 0 Å². The molecule has 0 bridgehead atoms. The van der Waals surface area contributed by atoms with Crippen LogP contribution in [0.3, 0.4) is 0 Å². The summed E-state index contributed by atoms with van der Waals surface area (Å²) in [6.45, 7) is 1.18. The number of benzene rings is 2. The van der Waals surface area contributed by atoms with Crippen LogP contribution in [0.25, 0.3) is 6.08 Å². The van der Waals surface area contributed by atoms with Crippen LogP contribution in [-0.2, 0) is 9.59 Å². The smallest absolute Gasteiger partial charge is 0.253 e. The van der Waals surface area contributed by atoms with E-state index in [0.29, 0.717) is 18.7 Å². The molecule has 1 saturated heterocycles. The van der Waals surface area contributed by atoms with Crippen LogP contribution >= 0.6 is 0 Å². The predicted octanol–water partition coefficient (Wildman–Crippen LogP) is 2.55. The molecule has 0 aliphatic carbocycles. The monoisotopic (exact) mass is 348 g/mol. The number of nitrogens with zero attached hydrogens (tertiary/aromatic N) is 1. The molecule has 0 saturated carbocycles. The minimum atomic E-state index is -0.274. The van der Waals surface area contributed by atoms with Crippen LogP contribution in [0.1, 0.15) is 23.6 Å². The fourth-order valence-corrected chi connectivity index (χ4v) is 3.47. The van der Waals surface area contributed by atoms with Gasteiger partial charge in [0.25, 0.3) is 5.91 Å². The van der Waals surface area contributed by atoms with Crippen LogP contribution in [0.2, 0.25) is 0 Å². The van der Waals surface area contributed by atoms with Crippen molar-refractivity contribution in [3.63, 3.8) is 0 Å². The summed E-state index contributed by atoms with van der Waals surface area (Å²) in [7, 11) is 0. The van der Waals surface area contributed by atoms with Gasteiger partial charge in [-0.3, -0.25) is 9.59 Å². The highest BCUT2D eigenvalue weighted by Gasteiger charge is 2.32. The van der Waals surface area contributed by atoms with E-state index in [0.717, 1.165) is 16.9 Å². The molecule has 2 amide bonds. The maximum absolute atomic E-state index is 13.2. The van der Waals surface area contributed by atoms with Crippen molar-refractivity contribution in [2.45, 2.75) is 12.5 Å². The van der Waals surface area contributed by atoms with Gasteiger partial charge in [0.15, 0.2) is 0 Å². The third-order valence-corrected chi connectivity index (χ3v) is 4.78. The third-order valence-electron chi connectivity index (χ3n) is 4.78. The summed E-state index contributed by atoms with van der Waals surface area (Å²) in [6.07, 6.45) is 2.16. The van der Waals surface area contributed by atoms with E-state index in [1.807, 2.05) is 60.7 Å². The molecule has 2 heterocycles. The van der Waals surface area contributed by atoms with Gasteiger partial charge >= 0.3 is 0 Å². The average Bonchev–Trinajstić information content (AvgIpc) is 2.89. The minimum Gasteiger partial charge on any atom is -0.488 e. The largest absolute Gasteiger partial charge is 0.488 e. The molecule has 2 aromatic rings. The van der Waals surface area contributed by atoms with Crippen LogP contribution in [0.15, 0.2) is 60.2 Å². The number of rotatable bonds is 2. The van der Waals surface area contributed by atoms with Gasteiger partial charge in [0.05, 0.1) is 18.0 Å². The Morgan fingerprint density at radius 3 is 2.69 bits per heavy atom. The van der Waals surface area contributed by atoms with E-state index in [1.165, 1.54) is 0 Å². The Morgan fingerprint density at radius 2 is 1.85 bits per heavy atom. The molecular weight excluding hydrogens is 328 g/mol. The van der Waals surface area contributed by atoms with Gasteiger partial charge < -0.3 is 15.0 Å². The summed E-state index contributed by atoms with van der Waals surface area (Å²) in [5.41, 5.74) is 2.48. The number of amides is 2. The lowest BCUT2D eigenvalue weighted by Gasteiger charge is -2.31. The summed E-state index contributed by atoms with van der Waals surface area (Å²) in [5, 5.41) is 2.86. The number of para-hydroxylation sites is 1. The Kier molecular flexibility index (Phi) is 4.44. The average molecular weight is 348 g/mol. The molecular formula is C21H20N2O3. The number of carbonyl (C=O) groups is 2. The molecule has 0 aromatic heterocycles. The second-order valence-electron chi connectivity index (χ2n) is 6.48. The number of fused-ring (bicyclic) bond motifs is 1. The summed E-state index contributed by atoms with van der Waals surface area (Å²) >= 11 is 0. The molecule has 2 aliphatic rings.